The summed E-state index contributed by atoms with van der Waals surface area (Å²) in [5.74, 6) is 0.00384. The maximum atomic E-state index is 12.7. The summed E-state index contributed by atoms with van der Waals surface area (Å²) < 4.78 is 5.58. The lowest BCUT2D eigenvalue weighted by Crippen LogP contribution is -2.50. The van der Waals surface area contributed by atoms with Gasteiger partial charge in [0, 0.05) is 30.9 Å². The normalized spacial score (nSPS) is 22.2. The summed E-state index contributed by atoms with van der Waals surface area (Å²) in [6.45, 7) is 7.69. The second-order valence-corrected chi connectivity index (χ2v) is 5.52. The van der Waals surface area contributed by atoms with Crippen LogP contribution in [-0.2, 0) is 4.74 Å². The van der Waals surface area contributed by atoms with Crippen LogP contribution in [0, 0.1) is 6.92 Å². The molecule has 5 nitrogen and oxygen atoms in total. The molecule has 1 saturated heterocycles. The van der Waals surface area contributed by atoms with E-state index in [9.17, 15) is 9.90 Å². The second-order valence-electron chi connectivity index (χ2n) is 5.52. The van der Waals surface area contributed by atoms with Crippen molar-refractivity contribution in [3.8, 4) is 0 Å². The number of benzene rings is 1. The van der Waals surface area contributed by atoms with Crippen LogP contribution in [0.25, 0.3) is 0 Å². The van der Waals surface area contributed by atoms with Gasteiger partial charge in [0.25, 0.3) is 5.91 Å². The van der Waals surface area contributed by atoms with Crippen LogP contribution in [-0.4, -0.2) is 54.4 Å². The van der Waals surface area contributed by atoms with E-state index in [2.05, 4.69) is 5.32 Å². The Morgan fingerprint density at radius 1 is 1.48 bits per heavy atom. The highest BCUT2D eigenvalue weighted by molar-refractivity contribution is 5.96. The fraction of sp³-hybridized carbons (Fsp3) is 0.562. The summed E-state index contributed by atoms with van der Waals surface area (Å²) in [6.07, 6.45) is -0.347. The maximum absolute atomic E-state index is 12.7. The Balaban J connectivity index is 2.15. The van der Waals surface area contributed by atoms with Gasteiger partial charge in [-0.05, 0) is 44.5 Å². The first-order valence-electron chi connectivity index (χ1n) is 7.45. The zero-order valence-corrected chi connectivity index (χ0v) is 12.9. The van der Waals surface area contributed by atoms with Crippen molar-refractivity contribution >= 4 is 11.6 Å². The molecule has 0 spiro atoms. The summed E-state index contributed by atoms with van der Waals surface area (Å²) in [7, 11) is 0. The van der Waals surface area contributed by atoms with Crippen molar-refractivity contribution in [2.24, 2.45) is 0 Å². The summed E-state index contributed by atoms with van der Waals surface area (Å²) in [4.78, 5) is 14.4. The van der Waals surface area contributed by atoms with E-state index in [0.717, 1.165) is 17.8 Å². The number of hydrogen-bond donors (Lipinski definition) is 2. The SMILES string of the molecule is CCNc1ccc(C(=O)N2CC(C)OC(CO)C2)c(C)c1. The number of hydrogen-bond acceptors (Lipinski definition) is 4. The first-order chi connectivity index (χ1) is 10.0. The number of carbonyl (C=O) groups is 1. The predicted molar refractivity (Wildman–Crippen MR) is 82.7 cm³/mol. The van der Waals surface area contributed by atoms with Gasteiger partial charge in [0.15, 0.2) is 0 Å². The molecule has 0 saturated carbocycles. The fourth-order valence-corrected chi connectivity index (χ4v) is 2.70. The van der Waals surface area contributed by atoms with Crippen LogP contribution in [0.2, 0.25) is 0 Å². The van der Waals surface area contributed by atoms with Crippen molar-refractivity contribution in [1.29, 1.82) is 0 Å². The van der Waals surface area contributed by atoms with E-state index in [1.165, 1.54) is 0 Å². The third-order valence-corrected chi connectivity index (χ3v) is 3.65. The molecule has 1 aliphatic heterocycles. The molecular weight excluding hydrogens is 268 g/mol. The van der Waals surface area contributed by atoms with Crippen molar-refractivity contribution in [1.82, 2.24) is 4.90 Å². The van der Waals surface area contributed by atoms with Crippen molar-refractivity contribution in [2.75, 3.05) is 31.6 Å². The van der Waals surface area contributed by atoms with E-state index in [1.807, 2.05) is 39.0 Å². The highest BCUT2D eigenvalue weighted by atomic mass is 16.5. The quantitative estimate of drug-likeness (QED) is 0.886. The van der Waals surface area contributed by atoms with E-state index >= 15 is 0 Å². The largest absolute Gasteiger partial charge is 0.394 e. The number of ether oxygens (including phenoxy) is 1. The zero-order chi connectivity index (χ0) is 15.4. The molecule has 1 aliphatic rings. The maximum Gasteiger partial charge on any atom is 0.254 e. The Hall–Kier alpha value is -1.59. The van der Waals surface area contributed by atoms with E-state index in [-0.39, 0.29) is 24.7 Å². The lowest BCUT2D eigenvalue weighted by atomic mass is 10.1. The third-order valence-electron chi connectivity index (χ3n) is 3.65. The van der Waals surface area contributed by atoms with Crippen molar-refractivity contribution < 1.29 is 14.6 Å². The zero-order valence-electron chi connectivity index (χ0n) is 12.9. The van der Waals surface area contributed by atoms with Crippen LogP contribution in [0.3, 0.4) is 0 Å². The minimum absolute atomic E-state index is 0.00384. The molecule has 1 amide bonds. The predicted octanol–water partition coefficient (Wildman–Crippen LogP) is 1.65. The van der Waals surface area contributed by atoms with Crippen molar-refractivity contribution in [2.45, 2.75) is 33.0 Å². The number of nitrogens with zero attached hydrogens (tertiary/aromatic N) is 1. The monoisotopic (exact) mass is 292 g/mol. The first kappa shape index (κ1) is 15.8. The summed E-state index contributed by atoms with van der Waals surface area (Å²) in [5, 5.41) is 12.5. The van der Waals surface area contributed by atoms with Gasteiger partial charge in [-0.25, -0.2) is 0 Å². The Kier molecular flexibility index (Phi) is 5.20. The topological polar surface area (TPSA) is 61.8 Å². The number of aliphatic hydroxyl groups excluding tert-OH is 1. The molecule has 116 valence electrons. The number of aliphatic hydroxyl groups is 1. The Labute approximate surface area is 125 Å². The van der Waals surface area contributed by atoms with Gasteiger partial charge in [-0.2, -0.15) is 0 Å². The molecule has 1 fully saturated rings. The van der Waals surface area contributed by atoms with Crippen LogP contribution < -0.4 is 5.32 Å². The lowest BCUT2D eigenvalue weighted by molar-refractivity contribution is -0.0858. The van der Waals surface area contributed by atoms with E-state index < -0.39 is 0 Å². The number of rotatable bonds is 4. The van der Waals surface area contributed by atoms with E-state index in [1.54, 1.807) is 4.90 Å². The molecular formula is C16H24N2O3. The number of amides is 1. The van der Waals surface area contributed by atoms with Gasteiger partial charge in [-0.1, -0.05) is 0 Å². The van der Waals surface area contributed by atoms with Crippen LogP contribution in [0.1, 0.15) is 29.8 Å². The van der Waals surface area contributed by atoms with Crippen molar-refractivity contribution in [3.05, 3.63) is 29.3 Å². The van der Waals surface area contributed by atoms with E-state index in [0.29, 0.717) is 18.7 Å². The Morgan fingerprint density at radius 2 is 2.24 bits per heavy atom. The van der Waals surface area contributed by atoms with Gasteiger partial charge < -0.3 is 20.1 Å². The fourth-order valence-electron chi connectivity index (χ4n) is 2.70. The van der Waals surface area contributed by atoms with Gasteiger partial charge in [-0.3, -0.25) is 4.79 Å². The second kappa shape index (κ2) is 6.91. The molecule has 0 radical (unpaired) electrons. The summed E-state index contributed by atoms with van der Waals surface area (Å²) in [6, 6.07) is 5.78. The van der Waals surface area contributed by atoms with Gasteiger partial charge >= 0.3 is 0 Å². The number of aryl methyl sites for hydroxylation is 1. The lowest BCUT2D eigenvalue weighted by Gasteiger charge is -2.36. The van der Waals surface area contributed by atoms with Gasteiger partial charge in [0.1, 0.15) is 0 Å². The van der Waals surface area contributed by atoms with Gasteiger partial charge in [-0.15, -0.1) is 0 Å². The molecule has 5 heteroatoms. The van der Waals surface area contributed by atoms with Crippen molar-refractivity contribution in [3.63, 3.8) is 0 Å². The summed E-state index contributed by atoms with van der Waals surface area (Å²) in [5.41, 5.74) is 2.69. The number of anilines is 1. The standard InChI is InChI=1S/C16H24N2O3/c1-4-17-13-5-6-15(11(2)7-13)16(20)18-8-12(3)21-14(9-18)10-19/h5-7,12,14,17,19H,4,8-10H2,1-3H3. The average Bonchev–Trinajstić information content (AvgIpc) is 2.46. The van der Waals surface area contributed by atoms with Crippen LogP contribution >= 0.6 is 0 Å². The minimum atomic E-state index is -0.293. The number of morpholine rings is 1. The molecule has 0 aliphatic carbocycles. The smallest absolute Gasteiger partial charge is 0.254 e. The molecule has 2 atom stereocenters. The van der Waals surface area contributed by atoms with Crippen LogP contribution in [0.5, 0.6) is 0 Å². The number of carbonyl (C=O) groups excluding carboxylic acids is 1. The molecule has 1 aromatic rings. The Bertz CT molecular complexity index is 504. The highest BCUT2D eigenvalue weighted by Gasteiger charge is 2.29. The number of nitrogens with one attached hydrogen (secondary N) is 1. The molecule has 1 aromatic carbocycles. The minimum Gasteiger partial charge on any atom is -0.394 e. The highest BCUT2D eigenvalue weighted by Crippen LogP contribution is 2.19. The molecule has 0 bridgehead atoms. The summed E-state index contributed by atoms with van der Waals surface area (Å²) >= 11 is 0. The molecule has 2 unspecified atom stereocenters. The molecule has 2 rings (SSSR count). The Morgan fingerprint density at radius 3 is 2.86 bits per heavy atom. The van der Waals surface area contributed by atoms with Gasteiger partial charge in [0.05, 0.1) is 18.8 Å². The first-order valence-corrected chi connectivity index (χ1v) is 7.45. The average molecular weight is 292 g/mol. The molecule has 21 heavy (non-hydrogen) atoms. The van der Waals surface area contributed by atoms with Crippen LogP contribution in [0.4, 0.5) is 5.69 Å². The molecule has 1 heterocycles. The van der Waals surface area contributed by atoms with E-state index in [4.69, 9.17) is 4.74 Å². The van der Waals surface area contributed by atoms with Crippen LogP contribution in [0.15, 0.2) is 18.2 Å². The van der Waals surface area contributed by atoms with Gasteiger partial charge in [0.2, 0.25) is 0 Å². The molecule has 2 N–H and O–H groups in total. The molecule has 0 aromatic heterocycles. The third kappa shape index (κ3) is 3.74.